The molecule has 0 saturated carbocycles. The van der Waals surface area contributed by atoms with Gasteiger partial charge in [0.25, 0.3) is 0 Å². The summed E-state index contributed by atoms with van der Waals surface area (Å²) in [5.41, 5.74) is 3.92. The summed E-state index contributed by atoms with van der Waals surface area (Å²) < 4.78 is 0. The molecule has 1 aliphatic carbocycles. The molecule has 0 radical (unpaired) electrons. The molecule has 4 nitrogen and oxygen atoms in total. The fraction of sp³-hybridized carbons (Fsp3) is 0. The van der Waals surface area contributed by atoms with Gasteiger partial charge in [0, 0.05) is 28.9 Å². The minimum atomic E-state index is 0.0209. The van der Waals surface area contributed by atoms with Crippen LogP contribution in [-0.2, 0) is 0 Å². The summed E-state index contributed by atoms with van der Waals surface area (Å²) in [6.07, 6.45) is 3.29. The monoisotopic (exact) mass is 221 g/mol. The third-order valence-corrected chi connectivity index (χ3v) is 3.15. The van der Waals surface area contributed by atoms with Crippen LogP contribution < -0.4 is 0 Å². The number of pyridine rings is 1. The molecular formula is C13H7N3O. The highest BCUT2D eigenvalue weighted by Gasteiger charge is 2.26. The van der Waals surface area contributed by atoms with Crippen molar-refractivity contribution in [2.45, 2.75) is 0 Å². The fourth-order valence-corrected chi connectivity index (χ4v) is 2.38. The van der Waals surface area contributed by atoms with Gasteiger partial charge in [0.2, 0.25) is 0 Å². The molecule has 3 aromatic rings. The van der Waals surface area contributed by atoms with Crippen molar-refractivity contribution in [2.75, 3.05) is 0 Å². The third-order valence-electron chi connectivity index (χ3n) is 3.15. The number of nitrogens with one attached hydrogen (secondary N) is 1. The molecule has 1 aromatic carbocycles. The second-order valence-electron chi connectivity index (χ2n) is 4.05. The molecule has 0 aliphatic heterocycles. The summed E-state index contributed by atoms with van der Waals surface area (Å²) in [6, 6.07) is 7.45. The van der Waals surface area contributed by atoms with Gasteiger partial charge in [-0.15, -0.1) is 0 Å². The zero-order valence-electron chi connectivity index (χ0n) is 8.77. The number of carbonyl (C=O) groups excluding carboxylic acids is 1. The van der Waals surface area contributed by atoms with E-state index >= 15 is 0 Å². The van der Waals surface area contributed by atoms with Gasteiger partial charge >= 0.3 is 0 Å². The van der Waals surface area contributed by atoms with Crippen LogP contribution in [0, 0.1) is 0 Å². The summed E-state index contributed by atoms with van der Waals surface area (Å²) in [5.74, 6) is 0.0209. The van der Waals surface area contributed by atoms with Crippen molar-refractivity contribution in [3.05, 3.63) is 47.8 Å². The van der Waals surface area contributed by atoms with Gasteiger partial charge < -0.3 is 0 Å². The second kappa shape index (κ2) is 2.79. The number of nitrogens with zero attached hydrogens (tertiary/aromatic N) is 2. The number of fused-ring (bicyclic) bond motifs is 2. The zero-order valence-corrected chi connectivity index (χ0v) is 8.77. The molecule has 1 N–H and O–H groups in total. The molecule has 0 atom stereocenters. The van der Waals surface area contributed by atoms with Crippen molar-refractivity contribution in [3.8, 4) is 11.3 Å². The average molecular weight is 221 g/mol. The Balaban J connectivity index is 2.27. The van der Waals surface area contributed by atoms with Gasteiger partial charge in [-0.3, -0.25) is 14.9 Å². The van der Waals surface area contributed by atoms with Crippen molar-refractivity contribution < 1.29 is 4.79 Å². The lowest BCUT2D eigenvalue weighted by Crippen LogP contribution is -2.09. The van der Waals surface area contributed by atoms with E-state index in [1.807, 2.05) is 24.3 Å². The van der Waals surface area contributed by atoms with Gasteiger partial charge in [-0.25, -0.2) is 0 Å². The number of rotatable bonds is 0. The van der Waals surface area contributed by atoms with Gasteiger partial charge in [-0.05, 0) is 12.1 Å². The smallest absolute Gasteiger partial charge is 0.196 e. The molecule has 4 rings (SSSR count). The Kier molecular flexibility index (Phi) is 1.42. The van der Waals surface area contributed by atoms with E-state index in [0.29, 0.717) is 11.1 Å². The van der Waals surface area contributed by atoms with Gasteiger partial charge in [0.05, 0.1) is 11.1 Å². The van der Waals surface area contributed by atoms with Crippen molar-refractivity contribution in [3.63, 3.8) is 0 Å². The molecule has 2 aromatic heterocycles. The number of aromatic amines is 1. The summed E-state index contributed by atoms with van der Waals surface area (Å²) in [5, 5.41) is 8.17. The van der Waals surface area contributed by atoms with Crippen molar-refractivity contribution in [1.29, 1.82) is 0 Å². The quantitative estimate of drug-likeness (QED) is 0.495. The van der Waals surface area contributed by atoms with Gasteiger partial charge in [-0.2, -0.15) is 5.10 Å². The molecule has 80 valence electrons. The maximum Gasteiger partial charge on any atom is 0.196 e. The molecular weight excluding hydrogens is 214 g/mol. The number of ketones is 1. The SMILES string of the molecule is O=C1c2cnccc2-c2n[nH]c3cccc1c23. The number of hydrogen-bond donors (Lipinski definition) is 1. The third kappa shape index (κ3) is 0.945. The molecule has 1 aliphatic rings. The summed E-state index contributed by atoms with van der Waals surface area (Å²) >= 11 is 0. The summed E-state index contributed by atoms with van der Waals surface area (Å²) in [6.45, 7) is 0. The first-order valence-electron chi connectivity index (χ1n) is 5.32. The highest BCUT2D eigenvalue weighted by Crippen LogP contribution is 2.36. The van der Waals surface area contributed by atoms with Gasteiger partial charge in [-0.1, -0.05) is 12.1 Å². The Morgan fingerprint density at radius 2 is 2.00 bits per heavy atom. The van der Waals surface area contributed by atoms with E-state index < -0.39 is 0 Å². The molecule has 0 spiro atoms. The van der Waals surface area contributed by atoms with Crippen LogP contribution in [0.4, 0.5) is 0 Å². The van der Waals surface area contributed by atoms with Gasteiger partial charge in [0.15, 0.2) is 5.78 Å². The first-order valence-corrected chi connectivity index (χ1v) is 5.32. The molecule has 17 heavy (non-hydrogen) atoms. The van der Waals surface area contributed by atoms with E-state index in [1.165, 1.54) is 0 Å². The minimum Gasteiger partial charge on any atom is -0.289 e. The molecule has 4 heteroatoms. The molecule has 0 unspecified atom stereocenters. The Morgan fingerprint density at radius 1 is 1.06 bits per heavy atom. The second-order valence-corrected chi connectivity index (χ2v) is 4.05. The lowest BCUT2D eigenvalue weighted by atomic mass is 9.89. The lowest BCUT2D eigenvalue weighted by Gasteiger charge is -2.13. The standard InChI is InChI=1S/C13H7N3O/c17-13-8-2-1-3-10-11(8)12(16-15-10)7-4-5-14-6-9(7)13/h1-6H,(H,15,16). The molecule has 0 amide bonds. The maximum atomic E-state index is 12.3. The number of carbonyl (C=O) groups is 1. The zero-order chi connectivity index (χ0) is 11.4. The van der Waals surface area contributed by atoms with Gasteiger partial charge in [0.1, 0.15) is 5.69 Å². The van der Waals surface area contributed by atoms with E-state index in [4.69, 9.17) is 0 Å². The number of hydrogen-bond acceptors (Lipinski definition) is 3. The maximum absolute atomic E-state index is 12.3. The first kappa shape index (κ1) is 8.64. The summed E-state index contributed by atoms with van der Waals surface area (Å²) in [7, 11) is 0. The Bertz CT molecular complexity index is 773. The predicted octanol–water partition coefficient (Wildman–Crippen LogP) is 2.17. The van der Waals surface area contributed by atoms with E-state index in [9.17, 15) is 4.79 Å². The first-order chi connectivity index (χ1) is 8.36. The molecule has 2 heterocycles. The van der Waals surface area contributed by atoms with Crippen molar-refractivity contribution in [2.24, 2.45) is 0 Å². The predicted molar refractivity (Wildman–Crippen MR) is 62.8 cm³/mol. The van der Waals surface area contributed by atoms with E-state index in [0.717, 1.165) is 22.2 Å². The molecule has 0 fully saturated rings. The number of aromatic nitrogens is 3. The minimum absolute atomic E-state index is 0.0209. The van der Waals surface area contributed by atoms with Crippen LogP contribution in [0.1, 0.15) is 15.9 Å². The van der Waals surface area contributed by atoms with Crippen LogP contribution in [-0.4, -0.2) is 21.0 Å². The van der Waals surface area contributed by atoms with Crippen LogP contribution in [0.15, 0.2) is 36.7 Å². The topological polar surface area (TPSA) is 58.6 Å². The van der Waals surface area contributed by atoms with Crippen LogP contribution in [0.3, 0.4) is 0 Å². The molecule has 0 saturated heterocycles. The van der Waals surface area contributed by atoms with E-state index in [-0.39, 0.29) is 5.78 Å². The highest BCUT2D eigenvalue weighted by atomic mass is 16.1. The lowest BCUT2D eigenvalue weighted by molar-refractivity contribution is 0.104. The van der Waals surface area contributed by atoms with Crippen LogP contribution in [0.5, 0.6) is 0 Å². The van der Waals surface area contributed by atoms with Crippen LogP contribution in [0.25, 0.3) is 22.2 Å². The Labute approximate surface area is 96.3 Å². The van der Waals surface area contributed by atoms with Crippen LogP contribution >= 0.6 is 0 Å². The highest BCUT2D eigenvalue weighted by molar-refractivity contribution is 6.24. The largest absolute Gasteiger partial charge is 0.289 e. The fourth-order valence-electron chi connectivity index (χ4n) is 2.38. The summed E-state index contributed by atoms with van der Waals surface area (Å²) in [4.78, 5) is 16.3. The Morgan fingerprint density at radius 3 is 2.94 bits per heavy atom. The van der Waals surface area contributed by atoms with E-state index in [2.05, 4.69) is 15.2 Å². The number of benzene rings is 1. The number of H-pyrrole nitrogens is 1. The molecule has 0 bridgehead atoms. The van der Waals surface area contributed by atoms with Crippen molar-refractivity contribution in [1.82, 2.24) is 15.2 Å². The Hall–Kier alpha value is -2.49. The average Bonchev–Trinajstić information content (AvgIpc) is 2.81. The normalized spacial score (nSPS) is 12.8. The van der Waals surface area contributed by atoms with E-state index in [1.54, 1.807) is 12.4 Å². The van der Waals surface area contributed by atoms with Crippen LogP contribution in [0.2, 0.25) is 0 Å². The van der Waals surface area contributed by atoms with Crippen molar-refractivity contribution >= 4 is 16.7 Å².